The highest BCUT2D eigenvalue weighted by atomic mass is 15.4. The van der Waals surface area contributed by atoms with Crippen molar-refractivity contribution >= 4 is 0 Å². The molecule has 0 aromatic carbocycles. The molecule has 0 rings (SSSR count). The van der Waals surface area contributed by atoms with E-state index in [0.717, 1.165) is 0 Å². The molecule has 0 aromatic rings. The SMILES string of the molecule is C#CCN(N)C=C. The van der Waals surface area contributed by atoms with Crippen LogP contribution in [-0.2, 0) is 0 Å². The van der Waals surface area contributed by atoms with Gasteiger partial charge in [-0.25, -0.2) is 5.84 Å². The summed E-state index contributed by atoms with van der Waals surface area (Å²) < 4.78 is 0. The molecular formula is C5H8N2. The Hall–Kier alpha value is -0.940. The lowest BCUT2D eigenvalue weighted by Crippen LogP contribution is -2.24. The van der Waals surface area contributed by atoms with Crippen LogP contribution in [0.1, 0.15) is 0 Å². The zero-order valence-corrected chi connectivity index (χ0v) is 4.09. The Balaban J connectivity index is 3.21. The topological polar surface area (TPSA) is 29.3 Å². The minimum Gasteiger partial charge on any atom is -0.307 e. The molecule has 0 spiro atoms. The number of nitrogens with two attached hydrogens (primary N) is 1. The second kappa shape index (κ2) is 3.26. The number of hydrogen-bond acceptors (Lipinski definition) is 2. The summed E-state index contributed by atoms with van der Waals surface area (Å²) in [4.78, 5) is 0. The van der Waals surface area contributed by atoms with Gasteiger partial charge in [0.1, 0.15) is 0 Å². The van der Waals surface area contributed by atoms with Crippen molar-refractivity contribution in [2.24, 2.45) is 5.84 Å². The molecule has 0 saturated heterocycles. The van der Waals surface area contributed by atoms with Crippen molar-refractivity contribution in [3.63, 3.8) is 0 Å². The lowest BCUT2D eigenvalue weighted by molar-refractivity contribution is 0.447. The molecule has 0 saturated carbocycles. The summed E-state index contributed by atoms with van der Waals surface area (Å²) >= 11 is 0. The third-order valence-corrected chi connectivity index (χ3v) is 0.508. The van der Waals surface area contributed by atoms with E-state index in [2.05, 4.69) is 12.5 Å². The van der Waals surface area contributed by atoms with Crippen molar-refractivity contribution in [2.75, 3.05) is 6.54 Å². The van der Waals surface area contributed by atoms with Crippen molar-refractivity contribution in [2.45, 2.75) is 0 Å². The van der Waals surface area contributed by atoms with E-state index >= 15 is 0 Å². The molecule has 0 aliphatic carbocycles. The average molecular weight is 96.1 g/mol. The Bertz CT molecular complexity index is 90.7. The second-order valence-electron chi connectivity index (χ2n) is 1.06. The molecule has 0 heterocycles. The lowest BCUT2D eigenvalue weighted by Gasteiger charge is -2.05. The maximum absolute atomic E-state index is 5.16. The fraction of sp³-hybridized carbons (Fsp3) is 0.200. The maximum atomic E-state index is 5.16. The second-order valence-corrected chi connectivity index (χ2v) is 1.06. The van der Waals surface area contributed by atoms with Gasteiger partial charge in [-0.3, -0.25) is 0 Å². The molecule has 2 N–H and O–H groups in total. The molecule has 7 heavy (non-hydrogen) atoms. The molecule has 0 amide bonds. The summed E-state index contributed by atoms with van der Waals surface area (Å²) in [7, 11) is 0. The summed E-state index contributed by atoms with van der Waals surface area (Å²) in [6.07, 6.45) is 6.36. The largest absolute Gasteiger partial charge is 0.307 e. The van der Waals surface area contributed by atoms with Crippen molar-refractivity contribution in [1.82, 2.24) is 5.01 Å². The van der Waals surface area contributed by atoms with Crippen LogP contribution in [0.4, 0.5) is 0 Å². The van der Waals surface area contributed by atoms with E-state index < -0.39 is 0 Å². The molecule has 38 valence electrons. The van der Waals surface area contributed by atoms with Gasteiger partial charge in [0, 0.05) is 6.20 Å². The van der Waals surface area contributed by atoms with E-state index in [0.29, 0.717) is 6.54 Å². The van der Waals surface area contributed by atoms with Gasteiger partial charge in [0.2, 0.25) is 0 Å². The van der Waals surface area contributed by atoms with Crippen LogP contribution in [0, 0.1) is 12.3 Å². The molecule has 0 atom stereocenters. The summed E-state index contributed by atoms with van der Waals surface area (Å²) in [6, 6.07) is 0. The first-order valence-electron chi connectivity index (χ1n) is 1.88. The van der Waals surface area contributed by atoms with E-state index in [1.54, 1.807) is 0 Å². The van der Waals surface area contributed by atoms with Crippen molar-refractivity contribution in [1.29, 1.82) is 0 Å². The van der Waals surface area contributed by atoms with Gasteiger partial charge in [0.15, 0.2) is 0 Å². The zero-order chi connectivity index (χ0) is 5.70. The van der Waals surface area contributed by atoms with Gasteiger partial charge >= 0.3 is 0 Å². The minimum atomic E-state index is 0.420. The first-order valence-corrected chi connectivity index (χ1v) is 1.88. The van der Waals surface area contributed by atoms with Crippen LogP contribution in [0.2, 0.25) is 0 Å². The molecule has 0 bridgehead atoms. The van der Waals surface area contributed by atoms with Gasteiger partial charge in [-0.05, 0) is 0 Å². The Morgan fingerprint density at radius 3 is 2.71 bits per heavy atom. The van der Waals surface area contributed by atoms with Crippen molar-refractivity contribution in [3.8, 4) is 12.3 Å². The van der Waals surface area contributed by atoms with Crippen molar-refractivity contribution < 1.29 is 0 Å². The highest BCUT2D eigenvalue weighted by molar-refractivity contribution is 4.88. The van der Waals surface area contributed by atoms with Crippen LogP contribution in [0.5, 0.6) is 0 Å². The predicted molar refractivity (Wildman–Crippen MR) is 29.9 cm³/mol. The third-order valence-electron chi connectivity index (χ3n) is 0.508. The van der Waals surface area contributed by atoms with Gasteiger partial charge in [0.25, 0.3) is 0 Å². The Morgan fingerprint density at radius 1 is 2.00 bits per heavy atom. The number of terminal acetylenes is 1. The average Bonchev–Trinajstić information content (AvgIpc) is 1.68. The van der Waals surface area contributed by atoms with E-state index in [1.807, 2.05) is 0 Å². The first kappa shape index (κ1) is 6.06. The van der Waals surface area contributed by atoms with Crippen LogP contribution in [-0.4, -0.2) is 11.6 Å². The number of hydrogen-bond donors (Lipinski definition) is 1. The normalized spacial score (nSPS) is 6.86. The van der Waals surface area contributed by atoms with Gasteiger partial charge in [-0.15, -0.1) is 6.42 Å². The number of nitrogens with zero attached hydrogens (tertiary/aromatic N) is 1. The highest BCUT2D eigenvalue weighted by Gasteiger charge is 1.78. The van der Waals surface area contributed by atoms with Gasteiger partial charge < -0.3 is 5.01 Å². The quantitative estimate of drug-likeness (QED) is 0.296. The molecule has 2 heteroatoms. The standard InChI is InChI=1S/C5H8N2/c1-3-5-7(6)4-2/h1,4H,2,5-6H2. The predicted octanol–water partition coefficient (Wildman–Crippen LogP) is -0.0612. The van der Waals surface area contributed by atoms with Gasteiger partial charge in [-0.1, -0.05) is 12.5 Å². The molecule has 0 aromatic heterocycles. The Labute approximate surface area is 43.6 Å². The maximum Gasteiger partial charge on any atom is 0.0940 e. The van der Waals surface area contributed by atoms with E-state index in [9.17, 15) is 0 Å². The summed E-state index contributed by atoms with van der Waals surface area (Å²) in [6.45, 7) is 3.80. The molecule has 0 unspecified atom stereocenters. The Morgan fingerprint density at radius 2 is 2.57 bits per heavy atom. The molecule has 0 aliphatic rings. The van der Waals surface area contributed by atoms with E-state index in [-0.39, 0.29) is 0 Å². The van der Waals surface area contributed by atoms with Crippen LogP contribution in [0.3, 0.4) is 0 Å². The van der Waals surface area contributed by atoms with Crippen LogP contribution < -0.4 is 5.84 Å². The summed E-state index contributed by atoms with van der Waals surface area (Å²) in [5.74, 6) is 7.50. The molecule has 0 fully saturated rings. The summed E-state index contributed by atoms with van der Waals surface area (Å²) in [5, 5.41) is 1.33. The van der Waals surface area contributed by atoms with E-state index in [1.165, 1.54) is 11.2 Å². The minimum absolute atomic E-state index is 0.420. The fourth-order valence-corrected chi connectivity index (χ4v) is 0.170. The fourth-order valence-electron chi connectivity index (χ4n) is 0.170. The lowest BCUT2D eigenvalue weighted by atomic mass is 10.6. The van der Waals surface area contributed by atoms with Crippen LogP contribution in [0.25, 0.3) is 0 Å². The first-order chi connectivity index (χ1) is 3.31. The van der Waals surface area contributed by atoms with Crippen LogP contribution in [0.15, 0.2) is 12.8 Å². The summed E-state index contributed by atoms with van der Waals surface area (Å²) in [5.41, 5.74) is 0. The van der Waals surface area contributed by atoms with Gasteiger partial charge in [-0.2, -0.15) is 0 Å². The number of rotatable bonds is 2. The molecular weight excluding hydrogens is 88.1 g/mol. The van der Waals surface area contributed by atoms with Gasteiger partial charge in [0.05, 0.1) is 6.54 Å². The Kier molecular flexibility index (Phi) is 2.82. The molecule has 0 radical (unpaired) electrons. The monoisotopic (exact) mass is 96.1 g/mol. The van der Waals surface area contributed by atoms with Crippen molar-refractivity contribution in [3.05, 3.63) is 12.8 Å². The molecule has 2 nitrogen and oxygen atoms in total. The van der Waals surface area contributed by atoms with E-state index in [4.69, 9.17) is 12.3 Å². The zero-order valence-electron chi connectivity index (χ0n) is 4.09. The highest BCUT2D eigenvalue weighted by Crippen LogP contribution is 1.69. The molecule has 0 aliphatic heterocycles. The smallest absolute Gasteiger partial charge is 0.0940 e. The number of hydrazine groups is 1. The third kappa shape index (κ3) is 2.87. The van der Waals surface area contributed by atoms with Crippen LogP contribution >= 0.6 is 0 Å².